The maximum atomic E-state index is 13.2. The molecule has 39 heavy (non-hydrogen) atoms. The summed E-state index contributed by atoms with van der Waals surface area (Å²) in [5, 5.41) is 2.95. The number of ether oxygens (including phenoxy) is 2. The number of hydrogen-bond acceptors (Lipinski definition) is 6. The largest absolute Gasteiger partial charge is 0.490 e. The lowest BCUT2D eigenvalue weighted by atomic mass is 10.1. The Kier molecular flexibility index (Phi) is 9.09. The molecule has 3 aromatic carbocycles. The first-order chi connectivity index (χ1) is 18.7. The quantitative estimate of drug-likeness (QED) is 0.225. The molecule has 1 aliphatic heterocycles. The van der Waals surface area contributed by atoms with Crippen molar-refractivity contribution in [3.8, 4) is 11.5 Å². The van der Waals surface area contributed by atoms with Crippen LogP contribution in [0.3, 0.4) is 0 Å². The summed E-state index contributed by atoms with van der Waals surface area (Å²) >= 11 is 6.78. The average molecular weight is 561 g/mol. The van der Waals surface area contributed by atoms with Crippen LogP contribution in [0.5, 0.6) is 11.5 Å². The van der Waals surface area contributed by atoms with Gasteiger partial charge in [-0.1, -0.05) is 66.8 Å². The lowest BCUT2D eigenvalue weighted by Crippen LogP contribution is -2.27. The molecule has 1 saturated heterocycles. The molecule has 8 heteroatoms. The van der Waals surface area contributed by atoms with Gasteiger partial charge in [-0.25, -0.2) is 0 Å². The van der Waals surface area contributed by atoms with Crippen molar-refractivity contribution in [2.45, 2.75) is 41.0 Å². The van der Waals surface area contributed by atoms with Gasteiger partial charge in [0.15, 0.2) is 22.4 Å². The van der Waals surface area contributed by atoms with Crippen LogP contribution >= 0.6 is 24.0 Å². The number of aryl methyl sites for hydroxylation is 4. The second kappa shape index (κ2) is 12.5. The number of carbonyl (C=O) groups is 2. The van der Waals surface area contributed by atoms with Gasteiger partial charge >= 0.3 is 0 Å². The predicted octanol–water partition coefficient (Wildman–Crippen LogP) is 7.00. The normalized spacial score (nSPS) is 14.2. The van der Waals surface area contributed by atoms with E-state index in [9.17, 15) is 9.59 Å². The van der Waals surface area contributed by atoms with Crippen molar-refractivity contribution in [1.82, 2.24) is 0 Å². The van der Waals surface area contributed by atoms with E-state index >= 15 is 0 Å². The number of anilines is 2. The van der Waals surface area contributed by atoms with Crippen molar-refractivity contribution < 1.29 is 19.1 Å². The monoisotopic (exact) mass is 560 g/mol. The smallest absolute Gasteiger partial charge is 0.270 e. The lowest BCUT2D eigenvalue weighted by Gasteiger charge is -2.15. The maximum Gasteiger partial charge on any atom is 0.270 e. The Hall–Kier alpha value is -3.62. The molecule has 0 saturated carbocycles. The highest BCUT2D eigenvalue weighted by atomic mass is 32.2. The number of rotatable bonds is 9. The van der Waals surface area contributed by atoms with Crippen molar-refractivity contribution in [3.05, 3.63) is 87.3 Å². The van der Waals surface area contributed by atoms with E-state index in [-0.39, 0.29) is 18.4 Å². The highest BCUT2D eigenvalue weighted by Gasteiger charge is 2.33. The standard InChI is InChI=1S/C31H32N2O4S2/c1-6-22-8-11-24(12-9-22)33-30(35)27(39-31(33)38)17-23-10-13-25(26(16-23)36-7-2)37-18-28(34)32-29-20(4)14-19(3)15-21(29)5/h8-17H,6-7,18H2,1-5H3,(H,32,34)/b27-17-. The molecule has 0 bridgehead atoms. The zero-order chi connectivity index (χ0) is 28.1. The van der Waals surface area contributed by atoms with E-state index in [0.717, 1.165) is 40.0 Å². The summed E-state index contributed by atoms with van der Waals surface area (Å²) in [6.45, 7) is 10.2. The van der Waals surface area contributed by atoms with Crippen LogP contribution in [-0.4, -0.2) is 29.3 Å². The molecule has 0 aromatic heterocycles. The highest BCUT2D eigenvalue weighted by Crippen LogP contribution is 2.37. The Balaban J connectivity index is 1.48. The van der Waals surface area contributed by atoms with E-state index in [1.54, 1.807) is 23.1 Å². The van der Waals surface area contributed by atoms with Crippen LogP contribution in [0, 0.1) is 20.8 Å². The molecule has 6 nitrogen and oxygen atoms in total. The molecule has 2 amide bonds. The molecule has 0 aliphatic carbocycles. The van der Waals surface area contributed by atoms with Gasteiger partial charge in [-0.05, 0) is 86.7 Å². The van der Waals surface area contributed by atoms with Crippen molar-refractivity contribution >= 4 is 57.6 Å². The minimum absolute atomic E-state index is 0.161. The van der Waals surface area contributed by atoms with Crippen molar-refractivity contribution in [1.29, 1.82) is 0 Å². The maximum absolute atomic E-state index is 13.2. The second-order valence-electron chi connectivity index (χ2n) is 9.29. The molecule has 4 rings (SSSR count). The second-order valence-corrected chi connectivity index (χ2v) is 11.0. The molecule has 0 unspecified atom stereocenters. The Morgan fingerprint density at radius 2 is 1.67 bits per heavy atom. The van der Waals surface area contributed by atoms with E-state index in [4.69, 9.17) is 21.7 Å². The third kappa shape index (κ3) is 6.69. The lowest BCUT2D eigenvalue weighted by molar-refractivity contribution is -0.118. The van der Waals surface area contributed by atoms with Gasteiger partial charge < -0.3 is 14.8 Å². The molecule has 202 valence electrons. The summed E-state index contributed by atoms with van der Waals surface area (Å²) in [5.74, 6) is 0.524. The number of amides is 2. The first kappa shape index (κ1) is 28.4. The van der Waals surface area contributed by atoms with Crippen LogP contribution in [0.15, 0.2) is 59.5 Å². The van der Waals surface area contributed by atoms with Gasteiger partial charge in [-0.2, -0.15) is 0 Å². The summed E-state index contributed by atoms with van der Waals surface area (Å²) in [4.78, 5) is 27.9. The molecular formula is C31H32N2O4S2. The fraction of sp³-hybridized carbons (Fsp3) is 0.258. The average Bonchev–Trinajstić information content (AvgIpc) is 3.18. The third-order valence-electron chi connectivity index (χ3n) is 6.26. The zero-order valence-corrected chi connectivity index (χ0v) is 24.4. The van der Waals surface area contributed by atoms with Crippen LogP contribution in [0.1, 0.15) is 41.7 Å². The number of benzene rings is 3. The van der Waals surface area contributed by atoms with E-state index < -0.39 is 0 Å². The van der Waals surface area contributed by atoms with E-state index in [0.29, 0.717) is 27.3 Å². The molecule has 0 spiro atoms. The number of hydrogen-bond donors (Lipinski definition) is 1. The summed E-state index contributed by atoms with van der Waals surface area (Å²) in [6.07, 6.45) is 2.72. The Bertz CT molecular complexity index is 1420. The van der Waals surface area contributed by atoms with Crippen LogP contribution in [0.25, 0.3) is 6.08 Å². The molecule has 0 atom stereocenters. The SMILES string of the molecule is CCOc1cc(/C=C2\SC(=S)N(c3ccc(CC)cc3)C2=O)ccc1OCC(=O)Nc1c(C)cc(C)cc1C. The van der Waals surface area contributed by atoms with Crippen LogP contribution in [0.2, 0.25) is 0 Å². The summed E-state index contributed by atoms with van der Waals surface area (Å²) in [7, 11) is 0. The van der Waals surface area contributed by atoms with Gasteiger partial charge in [-0.15, -0.1) is 0 Å². The fourth-order valence-electron chi connectivity index (χ4n) is 4.42. The first-order valence-electron chi connectivity index (χ1n) is 12.8. The summed E-state index contributed by atoms with van der Waals surface area (Å²) in [6, 6.07) is 17.3. The topological polar surface area (TPSA) is 67.9 Å². The third-order valence-corrected chi connectivity index (χ3v) is 7.56. The van der Waals surface area contributed by atoms with Crippen LogP contribution < -0.4 is 19.7 Å². The number of thiocarbonyl (C=S) groups is 1. The Labute approximate surface area is 239 Å². The van der Waals surface area contributed by atoms with Gasteiger partial charge in [0.25, 0.3) is 11.8 Å². The Morgan fingerprint density at radius 1 is 0.974 bits per heavy atom. The highest BCUT2D eigenvalue weighted by molar-refractivity contribution is 8.27. The minimum atomic E-state index is -0.257. The number of thioether (sulfide) groups is 1. The van der Waals surface area contributed by atoms with E-state index in [1.165, 1.54) is 17.3 Å². The molecule has 1 aliphatic rings. The van der Waals surface area contributed by atoms with Crippen molar-refractivity contribution in [3.63, 3.8) is 0 Å². The van der Waals surface area contributed by atoms with Crippen molar-refractivity contribution in [2.75, 3.05) is 23.4 Å². The molecule has 1 fully saturated rings. The van der Waals surface area contributed by atoms with Gasteiger partial charge in [0.05, 0.1) is 17.2 Å². The number of carbonyl (C=O) groups excluding carboxylic acids is 2. The van der Waals surface area contributed by atoms with E-state index in [1.807, 2.05) is 70.2 Å². The van der Waals surface area contributed by atoms with Gasteiger partial charge in [0.2, 0.25) is 0 Å². The molecule has 1 heterocycles. The predicted molar refractivity (Wildman–Crippen MR) is 164 cm³/mol. The number of nitrogens with zero attached hydrogens (tertiary/aromatic N) is 1. The minimum Gasteiger partial charge on any atom is -0.490 e. The fourth-order valence-corrected chi connectivity index (χ4v) is 5.72. The zero-order valence-electron chi connectivity index (χ0n) is 22.8. The molecule has 3 aromatic rings. The van der Waals surface area contributed by atoms with Crippen molar-refractivity contribution in [2.24, 2.45) is 0 Å². The molecule has 0 radical (unpaired) electrons. The van der Waals surface area contributed by atoms with E-state index in [2.05, 4.69) is 12.2 Å². The van der Waals surface area contributed by atoms with Gasteiger partial charge in [0, 0.05) is 5.69 Å². The molecular weight excluding hydrogens is 528 g/mol. The Morgan fingerprint density at radius 3 is 2.31 bits per heavy atom. The first-order valence-corrected chi connectivity index (χ1v) is 14.1. The summed E-state index contributed by atoms with van der Waals surface area (Å²) in [5.41, 5.74) is 6.67. The van der Waals surface area contributed by atoms with Gasteiger partial charge in [-0.3, -0.25) is 14.5 Å². The van der Waals surface area contributed by atoms with Gasteiger partial charge in [0.1, 0.15) is 0 Å². The van der Waals surface area contributed by atoms with Crippen LogP contribution in [0.4, 0.5) is 11.4 Å². The van der Waals surface area contributed by atoms with Crippen LogP contribution in [-0.2, 0) is 16.0 Å². The molecule has 1 N–H and O–H groups in total. The summed E-state index contributed by atoms with van der Waals surface area (Å²) < 4.78 is 12.1. The number of nitrogens with one attached hydrogen (secondary N) is 1.